The van der Waals surface area contributed by atoms with Crippen molar-refractivity contribution in [2.45, 2.75) is 45.8 Å². The number of amides is 1. The minimum atomic E-state index is 0.0301. The zero-order valence-electron chi connectivity index (χ0n) is 16.4. The van der Waals surface area contributed by atoms with Crippen molar-refractivity contribution in [2.75, 3.05) is 6.61 Å². The van der Waals surface area contributed by atoms with E-state index in [0.717, 1.165) is 29.0 Å². The second kappa shape index (κ2) is 7.97. The Kier molecular flexibility index (Phi) is 5.24. The van der Waals surface area contributed by atoms with Crippen LogP contribution in [0.3, 0.4) is 0 Å². The number of hydrogen-bond donors (Lipinski definition) is 2. The molecule has 2 aromatic carbocycles. The summed E-state index contributed by atoms with van der Waals surface area (Å²) in [6, 6.07) is 12.2. The molecule has 2 N–H and O–H groups in total. The summed E-state index contributed by atoms with van der Waals surface area (Å²) in [5.74, 6) is 1.76. The molecule has 0 bridgehead atoms. The van der Waals surface area contributed by atoms with Gasteiger partial charge in [0.05, 0.1) is 6.61 Å². The molecule has 28 heavy (non-hydrogen) atoms. The minimum Gasteiger partial charge on any atom is -0.494 e. The predicted octanol–water partition coefficient (Wildman–Crippen LogP) is 4.14. The Bertz CT molecular complexity index is 993. The monoisotopic (exact) mass is 378 g/mol. The van der Waals surface area contributed by atoms with Crippen molar-refractivity contribution in [3.05, 3.63) is 59.3 Å². The summed E-state index contributed by atoms with van der Waals surface area (Å²) in [6.45, 7) is 5.06. The normalized spacial score (nSPS) is 15.3. The standard InChI is InChI=1S/C23H26N2O3/c1-3-27-21-11-17-10-15(2)28-22(17)12-18(21)14-25-23(26)9-8-16-13-24-20-7-5-4-6-19(16)20/h4-7,11-13,15,24H,3,8-10,14H2,1-2H3,(H,25,26). The molecular weight excluding hydrogens is 352 g/mol. The Hall–Kier alpha value is -2.95. The number of rotatable bonds is 7. The van der Waals surface area contributed by atoms with Gasteiger partial charge in [0.1, 0.15) is 17.6 Å². The minimum absolute atomic E-state index is 0.0301. The molecule has 0 saturated carbocycles. The first-order chi connectivity index (χ1) is 13.6. The van der Waals surface area contributed by atoms with Gasteiger partial charge in [-0.15, -0.1) is 0 Å². The summed E-state index contributed by atoms with van der Waals surface area (Å²) in [6.07, 6.45) is 4.23. The molecule has 146 valence electrons. The molecule has 1 aliphatic rings. The summed E-state index contributed by atoms with van der Waals surface area (Å²) in [7, 11) is 0. The van der Waals surface area contributed by atoms with E-state index in [1.807, 2.05) is 37.4 Å². The van der Waals surface area contributed by atoms with E-state index in [1.54, 1.807) is 0 Å². The van der Waals surface area contributed by atoms with E-state index in [2.05, 4.69) is 29.4 Å². The molecular formula is C23H26N2O3. The Morgan fingerprint density at radius 3 is 3.00 bits per heavy atom. The number of hydrogen-bond acceptors (Lipinski definition) is 3. The molecule has 4 rings (SSSR count). The van der Waals surface area contributed by atoms with Crippen LogP contribution in [0.2, 0.25) is 0 Å². The van der Waals surface area contributed by atoms with Crippen molar-refractivity contribution in [1.29, 1.82) is 0 Å². The highest BCUT2D eigenvalue weighted by molar-refractivity contribution is 5.84. The molecule has 0 fully saturated rings. The molecule has 5 nitrogen and oxygen atoms in total. The molecule has 1 unspecified atom stereocenters. The number of H-pyrrole nitrogens is 1. The molecule has 0 aliphatic carbocycles. The van der Waals surface area contributed by atoms with Crippen LogP contribution in [0.4, 0.5) is 0 Å². The second-order valence-corrected chi connectivity index (χ2v) is 7.27. The summed E-state index contributed by atoms with van der Waals surface area (Å²) in [4.78, 5) is 15.7. The second-order valence-electron chi connectivity index (χ2n) is 7.27. The number of benzene rings is 2. The van der Waals surface area contributed by atoms with Crippen LogP contribution < -0.4 is 14.8 Å². The van der Waals surface area contributed by atoms with Gasteiger partial charge >= 0.3 is 0 Å². The van der Waals surface area contributed by atoms with Gasteiger partial charge < -0.3 is 19.8 Å². The van der Waals surface area contributed by atoms with E-state index in [4.69, 9.17) is 9.47 Å². The number of carbonyl (C=O) groups excluding carboxylic acids is 1. The Balaban J connectivity index is 1.38. The summed E-state index contributed by atoms with van der Waals surface area (Å²) >= 11 is 0. The highest BCUT2D eigenvalue weighted by Gasteiger charge is 2.22. The van der Waals surface area contributed by atoms with Crippen molar-refractivity contribution in [3.8, 4) is 11.5 Å². The molecule has 1 amide bonds. The van der Waals surface area contributed by atoms with E-state index < -0.39 is 0 Å². The molecule has 0 saturated heterocycles. The van der Waals surface area contributed by atoms with Crippen LogP contribution >= 0.6 is 0 Å². The lowest BCUT2D eigenvalue weighted by molar-refractivity contribution is -0.121. The van der Waals surface area contributed by atoms with Crippen LogP contribution in [-0.2, 0) is 24.2 Å². The molecule has 5 heteroatoms. The maximum Gasteiger partial charge on any atom is 0.220 e. The van der Waals surface area contributed by atoms with Gasteiger partial charge in [-0.2, -0.15) is 0 Å². The van der Waals surface area contributed by atoms with Gasteiger partial charge in [0.2, 0.25) is 5.91 Å². The van der Waals surface area contributed by atoms with Crippen LogP contribution in [0.5, 0.6) is 11.5 Å². The Morgan fingerprint density at radius 2 is 2.14 bits per heavy atom. The largest absolute Gasteiger partial charge is 0.494 e. The van der Waals surface area contributed by atoms with Crippen LogP contribution in [0.15, 0.2) is 42.6 Å². The summed E-state index contributed by atoms with van der Waals surface area (Å²) < 4.78 is 11.6. The first-order valence-electron chi connectivity index (χ1n) is 9.91. The van der Waals surface area contributed by atoms with Crippen LogP contribution in [0.1, 0.15) is 37.0 Å². The third-order valence-electron chi connectivity index (χ3n) is 5.15. The van der Waals surface area contributed by atoms with Crippen molar-refractivity contribution in [1.82, 2.24) is 10.3 Å². The molecule has 1 aromatic heterocycles. The molecule has 1 atom stereocenters. The maximum absolute atomic E-state index is 12.4. The van der Waals surface area contributed by atoms with Gasteiger partial charge in [0.15, 0.2) is 0 Å². The molecule has 0 radical (unpaired) electrons. The van der Waals surface area contributed by atoms with Crippen molar-refractivity contribution in [3.63, 3.8) is 0 Å². The lowest BCUT2D eigenvalue weighted by Gasteiger charge is -2.13. The number of fused-ring (bicyclic) bond motifs is 2. The third-order valence-corrected chi connectivity index (χ3v) is 5.15. The average Bonchev–Trinajstić information content (AvgIpc) is 3.26. The van der Waals surface area contributed by atoms with Crippen molar-refractivity contribution >= 4 is 16.8 Å². The lowest BCUT2D eigenvalue weighted by Crippen LogP contribution is -2.23. The molecule has 2 heterocycles. The lowest BCUT2D eigenvalue weighted by atomic mass is 10.1. The average molecular weight is 378 g/mol. The maximum atomic E-state index is 12.4. The van der Waals surface area contributed by atoms with Gasteiger partial charge in [0.25, 0.3) is 0 Å². The van der Waals surface area contributed by atoms with E-state index in [1.165, 1.54) is 16.5 Å². The highest BCUT2D eigenvalue weighted by Crippen LogP contribution is 2.35. The van der Waals surface area contributed by atoms with Crippen LogP contribution in [0, 0.1) is 0 Å². The van der Waals surface area contributed by atoms with Gasteiger partial charge in [-0.25, -0.2) is 0 Å². The Morgan fingerprint density at radius 1 is 1.29 bits per heavy atom. The highest BCUT2D eigenvalue weighted by atomic mass is 16.5. The van der Waals surface area contributed by atoms with E-state index in [0.29, 0.717) is 26.0 Å². The molecule has 1 aliphatic heterocycles. The fourth-order valence-corrected chi connectivity index (χ4v) is 3.78. The number of nitrogens with one attached hydrogen (secondary N) is 2. The quantitative estimate of drug-likeness (QED) is 0.649. The predicted molar refractivity (Wildman–Crippen MR) is 110 cm³/mol. The van der Waals surface area contributed by atoms with Crippen LogP contribution in [0.25, 0.3) is 10.9 Å². The number of carbonyl (C=O) groups is 1. The van der Waals surface area contributed by atoms with Gasteiger partial charge in [0, 0.05) is 47.6 Å². The molecule has 3 aromatic rings. The summed E-state index contributed by atoms with van der Waals surface area (Å²) in [5.41, 5.74) is 4.40. The zero-order valence-corrected chi connectivity index (χ0v) is 16.4. The van der Waals surface area contributed by atoms with E-state index in [-0.39, 0.29) is 12.0 Å². The Labute approximate surface area is 165 Å². The summed E-state index contributed by atoms with van der Waals surface area (Å²) in [5, 5.41) is 4.21. The van der Waals surface area contributed by atoms with Gasteiger partial charge in [-0.1, -0.05) is 18.2 Å². The van der Waals surface area contributed by atoms with Crippen molar-refractivity contribution < 1.29 is 14.3 Å². The SMILES string of the molecule is CCOc1cc2c(cc1CNC(=O)CCc1c[nH]c3ccccc13)OC(C)C2. The number of aromatic nitrogens is 1. The fraction of sp³-hybridized carbons (Fsp3) is 0.348. The third kappa shape index (κ3) is 3.84. The van der Waals surface area contributed by atoms with E-state index in [9.17, 15) is 4.79 Å². The first-order valence-corrected chi connectivity index (χ1v) is 9.91. The zero-order chi connectivity index (χ0) is 19.5. The number of para-hydroxylation sites is 1. The molecule has 0 spiro atoms. The van der Waals surface area contributed by atoms with Gasteiger partial charge in [-0.05, 0) is 44.0 Å². The van der Waals surface area contributed by atoms with Crippen molar-refractivity contribution in [2.24, 2.45) is 0 Å². The van der Waals surface area contributed by atoms with E-state index >= 15 is 0 Å². The smallest absolute Gasteiger partial charge is 0.220 e. The number of aryl methyl sites for hydroxylation is 1. The fourth-order valence-electron chi connectivity index (χ4n) is 3.78. The van der Waals surface area contributed by atoms with Crippen LogP contribution in [-0.4, -0.2) is 23.6 Å². The number of aromatic amines is 1. The first kappa shape index (κ1) is 18.4. The number of ether oxygens (including phenoxy) is 2. The van der Waals surface area contributed by atoms with Gasteiger partial charge in [-0.3, -0.25) is 4.79 Å². The topological polar surface area (TPSA) is 63.3 Å².